The van der Waals surface area contributed by atoms with Gasteiger partial charge in [-0.3, -0.25) is 4.79 Å². The van der Waals surface area contributed by atoms with Crippen molar-refractivity contribution in [2.45, 2.75) is 32.9 Å². The molecule has 1 aromatic heterocycles. The zero-order valence-corrected chi connectivity index (χ0v) is 9.32. The molecule has 1 amide bonds. The van der Waals surface area contributed by atoms with Crippen molar-refractivity contribution >= 4 is 5.91 Å². The Morgan fingerprint density at radius 3 is 2.67 bits per heavy atom. The van der Waals surface area contributed by atoms with Crippen LogP contribution in [0.15, 0.2) is 12.4 Å². The summed E-state index contributed by atoms with van der Waals surface area (Å²) in [5.41, 5.74) is 5.72. The van der Waals surface area contributed by atoms with Gasteiger partial charge in [-0.1, -0.05) is 13.8 Å². The summed E-state index contributed by atoms with van der Waals surface area (Å²) in [5.74, 6) is 0.724. The fraction of sp³-hybridized carbons (Fsp3) is 0.600. The lowest BCUT2D eigenvalue weighted by molar-refractivity contribution is -0.123. The maximum atomic E-state index is 11.6. The molecule has 1 aromatic rings. The first-order valence-electron chi connectivity index (χ1n) is 5.07. The Balaban J connectivity index is 2.52. The van der Waals surface area contributed by atoms with E-state index in [1.807, 2.05) is 20.8 Å². The van der Waals surface area contributed by atoms with E-state index in [9.17, 15) is 4.79 Å². The molecule has 0 aromatic carbocycles. The van der Waals surface area contributed by atoms with Crippen molar-refractivity contribution in [3.63, 3.8) is 0 Å². The van der Waals surface area contributed by atoms with Gasteiger partial charge in [-0.15, -0.1) is 0 Å². The molecule has 0 bridgehead atoms. The molecule has 0 spiro atoms. The molecule has 0 aliphatic carbocycles. The van der Waals surface area contributed by atoms with Crippen LogP contribution in [0.5, 0.6) is 0 Å². The number of aromatic amines is 1. The van der Waals surface area contributed by atoms with Crippen molar-refractivity contribution in [2.75, 3.05) is 0 Å². The number of hydrogen-bond acceptors (Lipinski definition) is 3. The number of imidazole rings is 1. The van der Waals surface area contributed by atoms with Crippen LogP contribution in [0, 0.1) is 5.92 Å². The molecule has 0 aliphatic heterocycles. The summed E-state index contributed by atoms with van der Waals surface area (Å²) in [6.45, 7) is 5.70. The Morgan fingerprint density at radius 1 is 1.53 bits per heavy atom. The predicted octanol–water partition coefficient (Wildman–Crippen LogP) is 0.570. The van der Waals surface area contributed by atoms with Crippen molar-refractivity contribution in [1.29, 1.82) is 0 Å². The molecule has 0 radical (unpaired) electrons. The molecule has 1 heterocycles. The van der Waals surface area contributed by atoms with Crippen LogP contribution in [0.3, 0.4) is 0 Å². The molecule has 2 atom stereocenters. The highest BCUT2D eigenvalue weighted by molar-refractivity contribution is 5.82. The maximum Gasteiger partial charge on any atom is 0.237 e. The van der Waals surface area contributed by atoms with Crippen molar-refractivity contribution in [3.8, 4) is 0 Å². The zero-order valence-electron chi connectivity index (χ0n) is 9.32. The molecule has 84 valence electrons. The number of nitrogens with zero attached hydrogens (tertiary/aromatic N) is 1. The normalized spacial score (nSPS) is 15.0. The molecule has 15 heavy (non-hydrogen) atoms. The second-order valence-electron chi connectivity index (χ2n) is 3.97. The van der Waals surface area contributed by atoms with Crippen LogP contribution < -0.4 is 11.1 Å². The largest absolute Gasteiger partial charge is 0.347 e. The summed E-state index contributed by atoms with van der Waals surface area (Å²) in [7, 11) is 0. The lowest BCUT2D eigenvalue weighted by Crippen LogP contribution is -2.44. The Bertz CT molecular complexity index is 307. The van der Waals surface area contributed by atoms with Crippen LogP contribution in [-0.2, 0) is 4.79 Å². The van der Waals surface area contributed by atoms with Crippen LogP contribution >= 0.6 is 0 Å². The summed E-state index contributed by atoms with van der Waals surface area (Å²) in [4.78, 5) is 18.6. The molecule has 1 unspecified atom stereocenters. The highest BCUT2D eigenvalue weighted by Gasteiger charge is 2.19. The topological polar surface area (TPSA) is 83.8 Å². The Morgan fingerprint density at radius 2 is 2.20 bits per heavy atom. The summed E-state index contributed by atoms with van der Waals surface area (Å²) in [6.07, 6.45) is 3.38. The van der Waals surface area contributed by atoms with E-state index in [0.29, 0.717) is 0 Å². The van der Waals surface area contributed by atoms with Gasteiger partial charge in [0.05, 0.1) is 12.1 Å². The average Bonchev–Trinajstić information content (AvgIpc) is 2.68. The first-order chi connectivity index (χ1) is 7.02. The van der Waals surface area contributed by atoms with E-state index in [4.69, 9.17) is 5.73 Å². The highest BCUT2D eigenvalue weighted by Crippen LogP contribution is 2.06. The minimum absolute atomic E-state index is 0.133. The van der Waals surface area contributed by atoms with E-state index in [0.717, 1.165) is 5.82 Å². The van der Waals surface area contributed by atoms with Gasteiger partial charge in [-0.2, -0.15) is 0 Å². The summed E-state index contributed by atoms with van der Waals surface area (Å²) in [6, 6.07) is -0.611. The fourth-order valence-electron chi connectivity index (χ4n) is 1.20. The minimum atomic E-state index is -0.470. The van der Waals surface area contributed by atoms with Gasteiger partial charge in [0.25, 0.3) is 0 Å². The molecule has 0 fully saturated rings. The van der Waals surface area contributed by atoms with Crippen LogP contribution in [-0.4, -0.2) is 21.9 Å². The van der Waals surface area contributed by atoms with Crippen molar-refractivity contribution in [3.05, 3.63) is 18.2 Å². The van der Waals surface area contributed by atoms with Gasteiger partial charge in [0.2, 0.25) is 5.91 Å². The number of rotatable bonds is 4. The van der Waals surface area contributed by atoms with Crippen molar-refractivity contribution in [2.24, 2.45) is 11.7 Å². The van der Waals surface area contributed by atoms with Crippen molar-refractivity contribution in [1.82, 2.24) is 15.3 Å². The number of hydrogen-bond donors (Lipinski definition) is 3. The van der Waals surface area contributed by atoms with Crippen LogP contribution in [0.4, 0.5) is 0 Å². The molecule has 0 saturated carbocycles. The zero-order chi connectivity index (χ0) is 11.4. The third-order valence-electron chi connectivity index (χ3n) is 2.31. The number of nitrogens with one attached hydrogen (secondary N) is 2. The predicted molar refractivity (Wildman–Crippen MR) is 58.0 cm³/mol. The fourth-order valence-corrected chi connectivity index (χ4v) is 1.20. The molecular formula is C10H18N4O. The van der Waals surface area contributed by atoms with Crippen LogP contribution in [0.1, 0.15) is 32.6 Å². The summed E-state index contributed by atoms with van der Waals surface area (Å²) < 4.78 is 0. The van der Waals surface area contributed by atoms with Crippen LogP contribution in [0.25, 0.3) is 0 Å². The number of aromatic nitrogens is 2. The summed E-state index contributed by atoms with van der Waals surface area (Å²) in [5, 5.41) is 2.81. The van der Waals surface area contributed by atoms with E-state index < -0.39 is 6.04 Å². The number of carbonyl (C=O) groups excluding carboxylic acids is 1. The second-order valence-corrected chi connectivity index (χ2v) is 3.97. The number of amides is 1. The average molecular weight is 210 g/mol. The van der Waals surface area contributed by atoms with Gasteiger partial charge in [0, 0.05) is 12.4 Å². The van der Waals surface area contributed by atoms with E-state index in [2.05, 4.69) is 15.3 Å². The SMILES string of the molecule is CC(NC(=O)[C@@H](N)C(C)C)c1ncc[nH]1. The van der Waals surface area contributed by atoms with Gasteiger partial charge in [0.1, 0.15) is 5.82 Å². The van der Waals surface area contributed by atoms with Crippen LogP contribution in [0.2, 0.25) is 0 Å². The Hall–Kier alpha value is -1.36. The number of H-pyrrole nitrogens is 1. The molecule has 0 aliphatic rings. The maximum absolute atomic E-state index is 11.6. The second kappa shape index (κ2) is 4.93. The first-order valence-corrected chi connectivity index (χ1v) is 5.07. The standard InChI is InChI=1S/C10H18N4O/c1-6(2)8(11)10(15)14-7(3)9-12-4-5-13-9/h4-8H,11H2,1-3H3,(H,12,13)(H,14,15)/t7?,8-/m0/s1. The lowest BCUT2D eigenvalue weighted by Gasteiger charge is -2.18. The highest BCUT2D eigenvalue weighted by atomic mass is 16.2. The van der Waals surface area contributed by atoms with Gasteiger partial charge >= 0.3 is 0 Å². The van der Waals surface area contributed by atoms with Crippen molar-refractivity contribution < 1.29 is 4.79 Å². The third kappa shape index (κ3) is 3.06. The Kier molecular flexibility index (Phi) is 3.85. The van der Waals surface area contributed by atoms with Gasteiger partial charge in [-0.25, -0.2) is 4.98 Å². The monoisotopic (exact) mass is 210 g/mol. The first kappa shape index (κ1) is 11.7. The molecule has 5 nitrogen and oxygen atoms in total. The quantitative estimate of drug-likeness (QED) is 0.679. The Labute approximate surface area is 89.5 Å². The minimum Gasteiger partial charge on any atom is -0.347 e. The van der Waals surface area contributed by atoms with Gasteiger partial charge < -0.3 is 16.0 Å². The van der Waals surface area contributed by atoms with E-state index >= 15 is 0 Å². The lowest BCUT2D eigenvalue weighted by atomic mass is 10.0. The number of nitrogens with two attached hydrogens (primary N) is 1. The molecule has 0 saturated heterocycles. The van der Waals surface area contributed by atoms with Gasteiger partial charge in [-0.05, 0) is 12.8 Å². The van der Waals surface area contributed by atoms with E-state index in [-0.39, 0.29) is 17.9 Å². The van der Waals surface area contributed by atoms with E-state index in [1.54, 1.807) is 12.4 Å². The molecule has 5 heteroatoms. The molecular weight excluding hydrogens is 192 g/mol. The summed E-state index contributed by atoms with van der Waals surface area (Å²) >= 11 is 0. The number of carbonyl (C=O) groups is 1. The molecule has 4 N–H and O–H groups in total. The smallest absolute Gasteiger partial charge is 0.237 e. The third-order valence-corrected chi connectivity index (χ3v) is 2.31. The van der Waals surface area contributed by atoms with Gasteiger partial charge in [0.15, 0.2) is 0 Å². The molecule has 1 rings (SSSR count). The van der Waals surface area contributed by atoms with E-state index in [1.165, 1.54) is 0 Å².